The van der Waals surface area contributed by atoms with E-state index in [1.165, 1.54) is 17.0 Å². The van der Waals surface area contributed by atoms with E-state index in [9.17, 15) is 4.39 Å². The van der Waals surface area contributed by atoms with E-state index in [1.54, 1.807) is 23.9 Å². The van der Waals surface area contributed by atoms with Crippen LogP contribution in [0.4, 0.5) is 10.1 Å². The summed E-state index contributed by atoms with van der Waals surface area (Å²) < 4.78 is 19.5. The zero-order chi connectivity index (χ0) is 23.7. The second-order valence-corrected chi connectivity index (χ2v) is 9.03. The standard InChI is InChI=1S/C26H21FN4OS2/c1-16-22(25-29-24(30-32-25)18-9-6-10-19(27)15-18)23(17-7-4-3-5-8-17)28-26(33)31(16)20-11-13-21(34-2)14-12-20/h3-15,23H,1-2H3,(H,28,33). The van der Waals surface area contributed by atoms with Gasteiger partial charge >= 0.3 is 0 Å². The minimum absolute atomic E-state index is 0.281. The van der Waals surface area contributed by atoms with E-state index in [4.69, 9.17) is 16.7 Å². The Balaban J connectivity index is 1.64. The summed E-state index contributed by atoms with van der Waals surface area (Å²) in [7, 11) is 0. The third kappa shape index (κ3) is 4.22. The summed E-state index contributed by atoms with van der Waals surface area (Å²) in [5.41, 5.74) is 4.19. The van der Waals surface area contributed by atoms with E-state index in [-0.39, 0.29) is 11.9 Å². The summed E-state index contributed by atoms with van der Waals surface area (Å²) in [6.07, 6.45) is 2.04. The van der Waals surface area contributed by atoms with Gasteiger partial charge in [0.15, 0.2) is 5.11 Å². The van der Waals surface area contributed by atoms with Gasteiger partial charge < -0.3 is 9.84 Å². The predicted octanol–water partition coefficient (Wildman–Crippen LogP) is 6.46. The molecule has 1 N–H and O–H groups in total. The van der Waals surface area contributed by atoms with Crippen LogP contribution in [0, 0.1) is 5.82 Å². The highest BCUT2D eigenvalue weighted by molar-refractivity contribution is 7.98. The summed E-state index contributed by atoms with van der Waals surface area (Å²) >= 11 is 7.47. The largest absolute Gasteiger partial charge is 0.351 e. The molecule has 0 aliphatic carbocycles. The van der Waals surface area contributed by atoms with Crippen molar-refractivity contribution in [3.05, 3.63) is 102 Å². The molecule has 1 aliphatic rings. The average Bonchev–Trinajstić information content (AvgIpc) is 3.34. The molecule has 170 valence electrons. The molecule has 0 amide bonds. The van der Waals surface area contributed by atoms with Crippen LogP contribution < -0.4 is 10.2 Å². The Morgan fingerprint density at radius 1 is 1.03 bits per heavy atom. The maximum atomic E-state index is 13.8. The highest BCUT2D eigenvalue weighted by atomic mass is 32.2. The molecule has 5 rings (SSSR count). The molecule has 0 fully saturated rings. The number of thioether (sulfide) groups is 1. The summed E-state index contributed by atoms with van der Waals surface area (Å²) in [6.45, 7) is 1.99. The van der Waals surface area contributed by atoms with Crippen molar-refractivity contribution in [2.24, 2.45) is 0 Å². The number of anilines is 1. The van der Waals surface area contributed by atoms with Crippen molar-refractivity contribution in [3.8, 4) is 11.4 Å². The third-order valence-corrected chi connectivity index (χ3v) is 6.73. The maximum absolute atomic E-state index is 13.8. The first-order valence-electron chi connectivity index (χ1n) is 10.7. The quantitative estimate of drug-likeness (QED) is 0.255. The van der Waals surface area contributed by atoms with Gasteiger partial charge in [0.05, 0.1) is 11.6 Å². The van der Waals surface area contributed by atoms with Crippen LogP contribution in [0.15, 0.2) is 94.0 Å². The molecule has 1 aliphatic heterocycles. The molecule has 1 unspecified atom stereocenters. The van der Waals surface area contributed by atoms with Crippen LogP contribution in [0.5, 0.6) is 0 Å². The van der Waals surface area contributed by atoms with Gasteiger partial charge in [-0.1, -0.05) is 47.6 Å². The zero-order valence-electron chi connectivity index (χ0n) is 18.5. The van der Waals surface area contributed by atoms with Crippen LogP contribution in [-0.4, -0.2) is 21.5 Å². The molecule has 0 bridgehead atoms. The minimum Gasteiger partial charge on any atom is -0.351 e. The topological polar surface area (TPSA) is 54.2 Å². The molecule has 3 aromatic carbocycles. The molecule has 1 aromatic heterocycles. The fourth-order valence-corrected chi connectivity index (χ4v) is 4.80. The van der Waals surface area contributed by atoms with Gasteiger partial charge in [0.1, 0.15) is 5.82 Å². The molecule has 0 saturated heterocycles. The summed E-state index contributed by atoms with van der Waals surface area (Å²) in [6, 6.07) is 24.0. The number of allylic oxidation sites excluding steroid dienone is 1. The summed E-state index contributed by atoms with van der Waals surface area (Å²) in [5, 5.41) is 8.17. The predicted molar refractivity (Wildman–Crippen MR) is 138 cm³/mol. The first-order valence-corrected chi connectivity index (χ1v) is 12.3. The number of aromatic nitrogens is 2. The van der Waals surface area contributed by atoms with Gasteiger partial charge in [0, 0.05) is 21.8 Å². The van der Waals surface area contributed by atoms with E-state index >= 15 is 0 Å². The van der Waals surface area contributed by atoms with Crippen LogP contribution in [0.25, 0.3) is 17.0 Å². The van der Waals surface area contributed by atoms with Crippen LogP contribution in [0.3, 0.4) is 0 Å². The van der Waals surface area contributed by atoms with Crippen molar-refractivity contribution in [3.63, 3.8) is 0 Å². The van der Waals surface area contributed by atoms with Gasteiger partial charge in [-0.2, -0.15) is 4.98 Å². The van der Waals surface area contributed by atoms with E-state index in [1.807, 2.05) is 60.5 Å². The van der Waals surface area contributed by atoms with Crippen LogP contribution in [-0.2, 0) is 0 Å². The van der Waals surface area contributed by atoms with Gasteiger partial charge in [0.25, 0.3) is 5.89 Å². The molecule has 0 saturated carbocycles. The van der Waals surface area contributed by atoms with Gasteiger partial charge in [-0.05, 0) is 67.4 Å². The average molecular weight is 489 g/mol. The molecule has 5 nitrogen and oxygen atoms in total. The van der Waals surface area contributed by atoms with Crippen molar-refractivity contribution in [1.29, 1.82) is 0 Å². The van der Waals surface area contributed by atoms with E-state index in [2.05, 4.69) is 27.6 Å². The molecule has 4 aromatic rings. The zero-order valence-corrected chi connectivity index (χ0v) is 20.2. The third-order valence-electron chi connectivity index (χ3n) is 5.69. The molecular weight excluding hydrogens is 467 g/mol. The van der Waals surface area contributed by atoms with Crippen molar-refractivity contribution in [1.82, 2.24) is 15.5 Å². The Kier molecular flexibility index (Phi) is 6.17. The number of thiocarbonyl (C=S) groups is 1. The van der Waals surface area contributed by atoms with E-state index in [0.717, 1.165) is 22.5 Å². The lowest BCUT2D eigenvalue weighted by atomic mass is 9.94. The lowest BCUT2D eigenvalue weighted by Gasteiger charge is -2.37. The summed E-state index contributed by atoms with van der Waals surface area (Å²) in [5.74, 6) is 0.322. The second-order valence-electron chi connectivity index (χ2n) is 7.76. The Hall–Kier alpha value is -3.49. The molecule has 0 spiro atoms. The first-order chi connectivity index (χ1) is 16.5. The molecular formula is C26H21FN4OS2. The molecule has 2 heterocycles. The van der Waals surface area contributed by atoms with Crippen LogP contribution in [0.2, 0.25) is 0 Å². The van der Waals surface area contributed by atoms with E-state index < -0.39 is 0 Å². The SMILES string of the molecule is CSc1ccc(N2C(=S)NC(c3ccccc3)C(c3nc(-c4cccc(F)c4)no3)=C2C)cc1. The number of hydrogen-bond donors (Lipinski definition) is 1. The second kappa shape index (κ2) is 9.40. The fourth-order valence-electron chi connectivity index (χ4n) is 4.04. The Morgan fingerprint density at radius 3 is 2.50 bits per heavy atom. The Labute approximate surface area is 206 Å². The summed E-state index contributed by atoms with van der Waals surface area (Å²) in [4.78, 5) is 7.78. The van der Waals surface area contributed by atoms with Gasteiger partial charge in [-0.3, -0.25) is 4.90 Å². The van der Waals surface area contributed by atoms with Crippen molar-refractivity contribution in [2.75, 3.05) is 11.2 Å². The number of nitrogens with one attached hydrogen (secondary N) is 1. The number of nitrogens with zero attached hydrogens (tertiary/aromatic N) is 3. The lowest BCUT2D eigenvalue weighted by Crippen LogP contribution is -2.46. The van der Waals surface area contributed by atoms with Crippen molar-refractivity contribution >= 4 is 40.4 Å². The number of benzene rings is 3. The van der Waals surface area contributed by atoms with Crippen molar-refractivity contribution in [2.45, 2.75) is 17.9 Å². The highest BCUT2D eigenvalue weighted by Crippen LogP contribution is 2.39. The molecule has 1 atom stereocenters. The molecule has 34 heavy (non-hydrogen) atoms. The maximum Gasteiger partial charge on any atom is 0.258 e. The fraction of sp³-hybridized carbons (Fsp3) is 0.115. The molecule has 8 heteroatoms. The van der Waals surface area contributed by atoms with Gasteiger partial charge in [0.2, 0.25) is 5.82 Å². The van der Waals surface area contributed by atoms with Gasteiger partial charge in [-0.15, -0.1) is 11.8 Å². The monoisotopic (exact) mass is 488 g/mol. The number of rotatable bonds is 5. The van der Waals surface area contributed by atoms with Crippen molar-refractivity contribution < 1.29 is 8.91 Å². The van der Waals surface area contributed by atoms with Crippen LogP contribution >= 0.6 is 24.0 Å². The normalized spacial score (nSPS) is 16.0. The number of halogens is 1. The van der Waals surface area contributed by atoms with Crippen LogP contribution in [0.1, 0.15) is 24.4 Å². The minimum atomic E-state index is -0.356. The Bertz CT molecular complexity index is 1370. The van der Waals surface area contributed by atoms with Gasteiger partial charge in [-0.25, -0.2) is 4.39 Å². The van der Waals surface area contributed by atoms with E-state index in [0.29, 0.717) is 22.4 Å². The Morgan fingerprint density at radius 2 is 1.79 bits per heavy atom. The smallest absolute Gasteiger partial charge is 0.258 e. The first kappa shape index (κ1) is 22.3. The highest BCUT2D eigenvalue weighted by Gasteiger charge is 2.34. The molecule has 0 radical (unpaired) electrons. The lowest BCUT2D eigenvalue weighted by molar-refractivity contribution is 0.404. The number of hydrogen-bond acceptors (Lipinski definition) is 5.